The summed E-state index contributed by atoms with van der Waals surface area (Å²) in [5, 5.41) is 13.1. The van der Waals surface area contributed by atoms with Gasteiger partial charge in [-0.25, -0.2) is 0 Å². The fraction of sp³-hybridized carbons (Fsp3) is 0.0536. The maximum Gasteiger partial charge on any atom is 0.128 e. The molecule has 0 amide bonds. The van der Waals surface area contributed by atoms with Gasteiger partial charge in [0.15, 0.2) is 0 Å². The molecule has 60 heavy (non-hydrogen) atoms. The summed E-state index contributed by atoms with van der Waals surface area (Å²) in [4.78, 5) is 0. The first kappa shape index (κ1) is 42.3. The molecule has 10 rings (SSSR count). The maximum atomic E-state index is 7.32. The molecule has 0 spiro atoms. The molecule has 0 saturated carbocycles. The van der Waals surface area contributed by atoms with E-state index in [1.807, 2.05) is 0 Å². The Balaban J connectivity index is 0.000000168. The van der Waals surface area contributed by atoms with Gasteiger partial charge in [0, 0.05) is 48.7 Å². The molecule has 0 saturated heterocycles. The Morgan fingerprint density at radius 1 is 0.317 bits per heavy atom. The third-order valence-electron chi connectivity index (χ3n) is 11.0. The molecule has 0 aliphatic heterocycles. The molecule has 0 heterocycles. The van der Waals surface area contributed by atoms with Crippen molar-refractivity contribution in [2.24, 2.45) is 0 Å². The van der Waals surface area contributed by atoms with Crippen LogP contribution in [0.5, 0.6) is 0 Å². The van der Waals surface area contributed by atoms with Gasteiger partial charge >= 0.3 is 0 Å². The average molecular weight is 899 g/mol. The van der Waals surface area contributed by atoms with Crippen molar-refractivity contribution < 1.29 is 19.5 Å². The van der Waals surface area contributed by atoms with E-state index in [1.54, 1.807) is 6.07 Å². The Morgan fingerprint density at radius 3 is 0.717 bits per heavy atom. The Hall–Kier alpha value is -5.79. The Morgan fingerprint density at radius 2 is 0.500 bits per heavy atom. The minimum atomic E-state index is -1.09. The Bertz CT molecular complexity index is 2350. The van der Waals surface area contributed by atoms with Gasteiger partial charge < -0.3 is 0 Å². The van der Waals surface area contributed by atoms with Gasteiger partial charge in [-0.2, -0.15) is 5.26 Å². The quantitative estimate of drug-likeness (QED) is 0.120. The summed E-state index contributed by atoms with van der Waals surface area (Å²) in [6.07, 6.45) is 9.13. The first-order valence-electron chi connectivity index (χ1n) is 20.2. The second-order valence-electron chi connectivity index (χ2n) is 14.6. The largest absolute Gasteiger partial charge is 0.199 e. The van der Waals surface area contributed by atoms with Gasteiger partial charge in [-0.3, -0.25) is 0 Å². The van der Waals surface area contributed by atoms with Crippen molar-refractivity contribution in [3.8, 4) is 6.07 Å². The predicted octanol–water partition coefficient (Wildman–Crippen LogP) is 12.8. The molecule has 293 valence electrons. The van der Waals surface area contributed by atoms with Crippen LogP contribution in [0.1, 0.15) is 62.7 Å². The summed E-state index contributed by atoms with van der Waals surface area (Å²) in [7, 11) is -2.17. The average Bonchev–Trinajstić information content (AvgIpc) is 3.57. The van der Waals surface area contributed by atoms with Crippen molar-refractivity contribution in [3.63, 3.8) is 0 Å². The van der Waals surface area contributed by atoms with Crippen LogP contribution in [0.2, 0.25) is 0 Å². The van der Waals surface area contributed by atoms with Gasteiger partial charge in [0.05, 0.1) is 43.1 Å². The van der Waals surface area contributed by atoms with E-state index in [-0.39, 0.29) is 19.5 Å². The zero-order valence-corrected chi connectivity index (χ0v) is 37.2. The van der Waals surface area contributed by atoms with Crippen LogP contribution in [-0.2, 0) is 19.5 Å². The first-order chi connectivity index (χ1) is 29.2. The predicted molar refractivity (Wildman–Crippen MR) is 260 cm³/mol. The number of hydrogen-bond acceptors (Lipinski definition) is 1. The molecule has 0 aromatic heterocycles. The van der Waals surface area contributed by atoms with Crippen LogP contribution in [0.15, 0.2) is 218 Å². The zero-order valence-electron chi connectivity index (χ0n) is 33.5. The van der Waals surface area contributed by atoms with Gasteiger partial charge in [0.25, 0.3) is 0 Å². The van der Waals surface area contributed by atoms with Gasteiger partial charge in [0.2, 0.25) is 0 Å². The second-order valence-corrected chi connectivity index (χ2v) is 19.7. The molecular formula is C56H47NP2Rh+2. The van der Waals surface area contributed by atoms with Crippen molar-refractivity contribution >= 4 is 61.4 Å². The molecular weight excluding hydrogens is 851 g/mol. The minimum absolute atomic E-state index is 0. The van der Waals surface area contributed by atoms with Gasteiger partial charge in [-0.15, -0.1) is 0 Å². The Labute approximate surface area is 371 Å². The molecule has 0 bridgehead atoms. The number of rotatable bonds is 6. The standard InChI is InChI=1S/2C27H21P.C2H3N.Rh/c2*1-3-13-23(14-4-1)28(24-15-5-2-6-16-24)27-25-17-9-7-11-21(25)19-20-22-12-8-10-18-26(22)27;1-2-3;/h2*1-20,27H;1H3;/p+2. The molecule has 2 aliphatic rings. The summed E-state index contributed by atoms with van der Waals surface area (Å²) >= 11 is 0. The van der Waals surface area contributed by atoms with Crippen LogP contribution < -0.4 is 21.2 Å². The monoisotopic (exact) mass is 898 g/mol. The van der Waals surface area contributed by atoms with E-state index >= 15 is 0 Å². The van der Waals surface area contributed by atoms with Crippen molar-refractivity contribution in [2.75, 3.05) is 0 Å². The van der Waals surface area contributed by atoms with Crippen LogP contribution >= 0.6 is 15.8 Å². The topological polar surface area (TPSA) is 23.8 Å². The van der Waals surface area contributed by atoms with Gasteiger partial charge in [0.1, 0.15) is 11.3 Å². The summed E-state index contributed by atoms with van der Waals surface area (Å²) in [6, 6.07) is 81.7. The maximum absolute atomic E-state index is 7.32. The number of nitriles is 1. The molecule has 4 heteroatoms. The van der Waals surface area contributed by atoms with E-state index < -0.39 is 15.8 Å². The molecule has 8 aromatic carbocycles. The first-order valence-corrected chi connectivity index (χ1v) is 23.4. The smallest absolute Gasteiger partial charge is 0.128 e. The second kappa shape index (κ2) is 21.0. The van der Waals surface area contributed by atoms with E-state index in [2.05, 4.69) is 243 Å². The van der Waals surface area contributed by atoms with Crippen LogP contribution in [0.3, 0.4) is 0 Å². The van der Waals surface area contributed by atoms with Crippen LogP contribution in [0, 0.1) is 11.3 Å². The third kappa shape index (κ3) is 9.48. The Kier molecular flexibility index (Phi) is 14.8. The number of nitrogens with zero attached hydrogens (tertiary/aromatic N) is 1. The van der Waals surface area contributed by atoms with Crippen molar-refractivity contribution in [1.29, 1.82) is 5.26 Å². The van der Waals surface area contributed by atoms with Gasteiger partial charge in [-0.1, -0.05) is 194 Å². The molecule has 0 N–H and O–H groups in total. The molecule has 8 aromatic rings. The summed E-state index contributed by atoms with van der Waals surface area (Å²) in [6.45, 7) is 1.43. The molecule has 0 atom stereocenters. The molecule has 2 aliphatic carbocycles. The van der Waals surface area contributed by atoms with Crippen LogP contribution in [0.4, 0.5) is 0 Å². The molecule has 1 nitrogen and oxygen atoms in total. The van der Waals surface area contributed by atoms with Crippen molar-refractivity contribution in [1.82, 2.24) is 0 Å². The van der Waals surface area contributed by atoms with E-state index in [9.17, 15) is 0 Å². The van der Waals surface area contributed by atoms with Gasteiger partial charge in [-0.05, 0) is 70.8 Å². The molecule has 0 unspecified atom stereocenters. The SMILES string of the molecule is C1=Cc2ccccc2C([PH+](c2ccccc2)c2ccccc2)c2ccccc21.C1=Cc2ccccc2C([PH+](c2ccccc2)c2ccccc2)c2ccccc21.CC#N.[Rh]. The zero-order chi connectivity index (χ0) is 40.2. The normalized spacial score (nSPS) is 12.3. The molecule has 1 radical (unpaired) electrons. The number of benzene rings is 8. The number of fused-ring (bicyclic) bond motifs is 4. The summed E-state index contributed by atoms with van der Waals surface area (Å²) in [5.74, 6) is 0. The number of hydrogen-bond donors (Lipinski definition) is 0. The fourth-order valence-corrected chi connectivity index (χ4v) is 15.0. The van der Waals surface area contributed by atoms with Crippen molar-refractivity contribution in [2.45, 2.75) is 18.2 Å². The molecule has 0 fully saturated rings. The van der Waals surface area contributed by atoms with Crippen LogP contribution in [0.25, 0.3) is 24.3 Å². The van der Waals surface area contributed by atoms with E-state index in [0.29, 0.717) is 11.3 Å². The fourth-order valence-electron chi connectivity index (χ4n) is 8.49. The van der Waals surface area contributed by atoms with E-state index in [0.717, 1.165) is 0 Å². The van der Waals surface area contributed by atoms with Crippen molar-refractivity contribution in [3.05, 3.63) is 263 Å². The van der Waals surface area contributed by atoms with E-state index in [4.69, 9.17) is 5.26 Å². The summed E-state index contributed by atoms with van der Waals surface area (Å²) in [5.41, 5.74) is 11.8. The van der Waals surface area contributed by atoms with Crippen LogP contribution in [-0.4, -0.2) is 0 Å². The summed E-state index contributed by atoms with van der Waals surface area (Å²) < 4.78 is 0. The minimum Gasteiger partial charge on any atom is -0.199 e. The third-order valence-corrected chi connectivity index (χ3v) is 17.2. The van der Waals surface area contributed by atoms with E-state index in [1.165, 1.54) is 72.6 Å².